The standard InChI is InChI=1S/C12H12Cl2N4O/c1-7-6-19-5-4-18(7)11-10-8(15-12(14)17-11)2-3-9(13)16-10/h2-3,7H,4-6H2,1H3/t7-/m1/s1. The fraction of sp³-hybridized carbons (Fsp3) is 0.417. The third-order valence-electron chi connectivity index (χ3n) is 3.10. The highest BCUT2D eigenvalue weighted by molar-refractivity contribution is 6.30. The lowest BCUT2D eigenvalue weighted by molar-refractivity contribution is 0.0986. The Hall–Kier alpha value is -1.17. The maximum absolute atomic E-state index is 5.99. The van der Waals surface area contributed by atoms with Gasteiger partial charge < -0.3 is 9.64 Å². The van der Waals surface area contributed by atoms with E-state index in [0.29, 0.717) is 35.2 Å². The number of nitrogens with zero attached hydrogens (tertiary/aromatic N) is 4. The first-order chi connectivity index (χ1) is 9.15. The summed E-state index contributed by atoms with van der Waals surface area (Å²) >= 11 is 12.0. The number of morpholine rings is 1. The van der Waals surface area contributed by atoms with Crippen LogP contribution in [-0.2, 0) is 4.74 Å². The van der Waals surface area contributed by atoms with Crippen molar-refractivity contribution in [3.8, 4) is 0 Å². The minimum absolute atomic E-state index is 0.212. The lowest BCUT2D eigenvalue weighted by Crippen LogP contribution is -2.44. The molecule has 0 saturated carbocycles. The van der Waals surface area contributed by atoms with Crippen LogP contribution in [0.3, 0.4) is 0 Å². The molecule has 2 aromatic rings. The third-order valence-corrected chi connectivity index (χ3v) is 3.48. The summed E-state index contributed by atoms with van der Waals surface area (Å²) in [6, 6.07) is 3.70. The zero-order chi connectivity index (χ0) is 13.4. The molecule has 3 rings (SSSR count). The monoisotopic (exact) mass is 298 g/mol. The molecule has 1 aliphatic heterocycles. The van der Waals surface area contributed by atoms with Crippen molar-refractivity contribution in [1.29, 1.82) is 0 Å². The number of rotatable bonds is 1. The first kappa shape index (κ1) is 12.8. The van der Waals surface area contributed by atoms with E-state index in [4.69, 9.17) is 27.9 Å². The van der Waals surface area contributed by atoms with E-state index in [1.807, 2.05) is 0 Å². The number of pyridine rings is 1. The van der Waals surface area contributed by atoms with Gasteiger partial charge in [-0.15, -0.1) is 0 Å². The summed E-state index contributed by atoms with van der Waals surface area (Å²) in [7, 11) is 0. The second-order valence-electron chi connectivity index (χ2n) is 4.44. The van der Waals surface area contributed by atoms with Gasteiger partial charge in [0.1, 0.15) is 10.7 Å². The zero-order valence-electron chi connectivity index (χ0n) is 10.3. The fourth-order valence-corrected chi connectivity index (χ4v) is 2.51. The Balaban J connectivity index is 2.18. The van der Waals surface area contributed by atoms with Crippen LogP contribution in [0.25, 0.3) is 11.0 Å². The quantitative estimate of drug-likeness (QED) is 0.598. The van der Waals surface area contributed by atoms with Crippen LogP contribution in [0.15, 0.2) is 12.1 Å². The molecule has 0 N–H and O–H groups in total. The number of hydrogen-bond donors (Lipinski definition) is 0. The summed E-state index contributed by atoms with van der Waals surface area (Å²) in [6.45, 7) is 4.14. The first-order valence-corrected chi connectivity index (χ1v) is 6.75. The Kier molecular flexibility index (Phi) is 3.43. The molecule has 100 valence electrons. The number of halogens is 2. The predicted molar refractivity (Wildman–Crippen MR) is 75.0 cm³/mol. The molecule has 1 aliphatic rings. The van der Waals surface area contributed by atoms with Crippen LogP contribution in [0, 0.1) is 0 Å². The van der Waals surface area contributed by atoms with E-state index in [-0.39, 0.29) is 11.3 Å². The van der Waals surface area contributed by atoms with Crippen LogP contribution in [0.5, 0.6) is 0 Å². The van der Waals surface area contributed by atoms with Crippen molar-refractivity contribution >= 4 is 40.1 Å². The van der Waals surface area contributed by atoms with Gasteiger partial charge in [0, 0.05) is 6.54 Å². The molecule has 0 amide bonds. The van der Waals surface area contributed by atoms with E-state index in [2.05, 4.69) is 26.8 Å². The average molecular weight is 299 g/mol. The minimum Gasteiger partial charge on any atom is -0.377 e. The zero-order valence-corrected chi connectivity index (χ0v) is 11.8. The molecular formula is C12H12Cl2N4O. The second kappa shape index (κ2) is 5.07. The smallest absolute Gasteiger partial charge is 0.225 e. The number of fused-ring (bicyclic) bond motifs is 1. The van der Waals surface area contributed by atoms with Gasteiger partial charge in [-0.25, -0.2) is 9.97 Å². The summed E-state index contributed by atoms with van der Waals surface area (Å²) in [4.78, 5) is 14.9. The normalized spacial score (nSPS) is 19.9. The van der Waals surface area contributed by atoms with Crippen molar-refractivity contribution in [2.75, 3.05) is 24.7 Å². The van der Waals surface area contributed by atoms with Crippen LogP contribution < -0.4 is 4.90 Å². The van der Waals surface area contributed by atoms with E-state index in [9.17, 15) is 0 Å². The van der Waals surface area contributed by atoms with Gasteiger partial charge in [-0.3, -0.25) is 0 Å². The highest BCUT2D eigenvalue weighted by atomic mass is 35.5. The van der Waals surface area contributed by atoms with Gasteiger partial charge in [-0.05, 0) is 30.7 Å². The molecule has 3 heterocycles. The van der Waals surface area contributed by atoms with E-state index in [1.165, 1.54) is 0 Å². The fourth-order valence-electron chi connectivity index (χ4n) is 2.19. The Morgan fingerprint density at radius 3 is 2.89 bits per heavy atom. The minimum atomic E-state index is 0.212. The van der Waals surface area contributed by atoms with E-state index in [0.717, 1.165) is 6.54 Å². The van der Waals surface area contributed by atoms with E-state index >= 15 is 0 Å². The topological polar surface area (TPSA) is 51.1 Å². The van der Waals surface area contributed by atoms with Crippen LogP contribution in [-0.4, -0.2) is 40.8 Å². The maximum Gasteiger partial charge on any atom is 0.225 e. The molecule has 0 radical (unpaired) electrons. The van der Waals surface area contributed by atoms with Crippen molar-refractivity contribution in [2.24, 2.45) is 0 Å². The molecule has 5 nitrogen and oxygen atoms in total. The molecule has 0 aromatic carbocycles. The summed E-state index contributed by atoms with van der Waals surface area (Å²) in [6.07, 6.45) is 0. The first-order valence-electron chi connectivity index (χ1n) is 5.99. The predicted octanol–water partition coefficient (Wildman–Crippen LogP) is 2.56. The molecule has 0 aliphatic carbocycles. The number of hydrogen-bond acceptors (Lipinski definition) is 5. The van der Waals surface area contributed by atoms with Crippen molar-refractivity contribution in [3.05, 3.63) is 22.6 Å². The van der Waals surface area contributed by atoms with E-state index in [1.54, 1.807) is 12.1 Å². The van der Waals surface area contributed by atoms with Gasteiger partial charge >= 0.3 is 0 Å². The van der Waals surface area contributed by atoms with E-state index < -0.39 is 0 Å². The molecule has 7 heteroatoms. The Labute approximate surface area is 120 Å². The largest absolute Gasteiger partial charge is 0.377 e. The second-order valence-corrected chi connectivity index (χ2v) is 5.16. The highest BCUT2D eigenvalue weighted by Gasteiger charge is 2.23. The molecule has 19 heavy (non-hydrogen) atoms. The van der Waals surface area contributed by atoms with Crippen LogP contribution in [0.4, 0.5) is 5.82 Å². The van der Waals surface area contributed by atoms with Crippen LogP contribution >= 0.6 is 23.2 Å². The summed E-state index contributed by atoms with van der Waals surface area (Å²) < 4.78 is 5.43. The van der Waals surface area contributed by atoms with Gasteiger partial charge in [0.05, 0.1) is 24.8 Å². The van der Waals surface area contributed by atoms with Crippen molar-refractivity contribution in [3.63, 3.8) is 0 Å². The molecule has 1 fully saturated rings. The van der Waals surface area contributed by atoms with Crippen LogP contribution in [0.1, 0.15) is 6.92 Å². The lowest BCUT2D eigenvalue weighted by atomic mass is 10.2. The molecule has 1 atom stereocenters. The summed E-state index contributed by atoms with van der Waals surface area (Å²) in [5.74, 6) is 0.716. The lowest BCUT2D eigenvalue weighted by Gasteiger charge is -2.34. The van der Waals surface area contributed by atoms with Crippen molar-refractivity contribution < 1.29 is 4.74 Å². The van der Waals surface area contributed by atoms with Gasteiger partial charge in [0.2, 0.25) is 5.28 Å². The van der Waals surface area contributed by atoms with Gasteiger partial charge in [-0.1, -0.05) is 11.6 Å². The van der Waals surface area contributed by atoms with Crippen molar-refractivity contribution in [1.82, 2.24) is 15.0 Å². The Bertz CT molecular complexity index is 622. The number of ether oxygens (including phenoxy) is 1. The number of aromatic nitrogens is 3. The number of anilines is 1. The summed E-state index contributed by atoms with van der Waals surface area (Å²) in [5.41, 5.74) is 1.36. The highest BCUT2D eigenvalue weighted by Crippen LogP contribution is 2.27. The van der Waals surface area contributed by atoms with Gasteiger partial charge in [-0.2, -0.15) is 4.98 Å². The van der Waals surface area contributed by atoms with Gasteiger partial charge in [0.15, 0.2) is 5.82 Å². The molecule has 0 bridgehead atoms. The molecular weight excluding hydrogens is 287 g/mol. The van der Waals surface area contributed by atoms with Gasteiger partial charge in [0.25, 0.3) is 0 Å². The molecule has 1 saturated heterocycles. The average Bonchev–Trinajstić information content (AvgIpc) is 2.39. The SMILES string of the molecule is C[C@@H]1COCCN1c1nc(Cl)nc2ccc(Cl)nc12. The molecule has 0 unspecified atom stereocenters. The Morgan fingerprint density at radius 2 is 2.11 bits per heavy atom. The summed E-state index contributed by atoms with van der Waals surface area (Å²) in [5, 5.41) is 0.630. The van der Waals surface area contributed by atoms with Crippen molar-refractivity contribution in [2.45, 2.75) is 13.0 Å². The third kappa shape index (κ3) is 2.45. The molecule has 2 aromatic heterocycles. The Morgan fingerprint density at radius 1 is 1.26 bits per heavy atom. The maximum atomic E-state index is 5.99. The molecule has 0 spiro atoms. The van der Waals surface area contributed by atoms with Crippen LogP contribution in [0.2, 0.25) is 10.4 Å².